The van der Waals surface area contributed by atoms with Crippen molar-refractivity contribution in [3.05, 3.63) is 24.3 Å². The highest BCUT2D eigenvalue weighted by Crippen LogP contribution is 2.24. The number of amides is 1. The lowest BCUT2D eigenvalue weighted by atomic mass is 10.1. The monoisotopic (exact) mass is 396 g/mol. The molecule has 0 aliphatic carbocycles. The molecule has 5 rings (SSSR count). The molecule has 0 spiro atoms. The van der Waals surface area contributed by atoms with Crippen molar-refractivity contribution in [1.82, 2.24) is 24.7 Å². The van der Waals surface area contributed by atoms with Crippen LogP contribution < -0.4 is 10.2 Å². The number of nitrogens with one attached hydrogen (secondary N) is 1. The van der Waals surface area contributed by atoms with Crippen molar-refractivity contribution in [3.63, 3.8) is 0 Å². The molecule has 3 fully saturated rings. The van der Waals surface area contributed by atoms with Crippen molar-refractivity contribution >= 4 is 28.7 Å². The van der Waals surface area contributed by atoms with Gasteiger partial charge in [0.25, 0.3) is 0 Å². The van der Waals surface area contributed by atoms with Crippen LogP contribution in [0.2, 0.25) is 0 Å². The van der Waals surface area contributed by atoms with E-state index in [1.165, 1.54) is 0 Å². The molecule has 29 heavy (non-hydrogen) atoms. The van der Waals surface area contributed by atoms with Gasteiger partial charge in [-0.2, -0.15) is 0 Å². The fourth-order valence-corrected chi connectivity index (χ4v) is 4.93. The van der Waals surface area contributed by atoms with Crippen LogP contribution in [0, 0.1) is 0 Å². The van der Waals surface area contributed by atoms with Gasteiger partial charge in [-0.3, -0.25) is 14.5 Å². The highest BCUT2D eigenvalue weighted by Gasteiger charge is 2.37. The predicted octanol–water partition coefficient (Wildman–Crippen LogP) is 0.227. The number of anilines is 1. The number of hydrogen-bond donors (Lipinski definition) is 1. The fourth-order valence-electron chi connectivity index (χ4n) is 4.93. The summed E-state index contributed by atoms with van der Waals surface area (Å²) in [5.41, 5.74) is 2.20. The zero-order chi connectivity index (χ0) is 20.0. The van der Waals surface area contributed by atoms with Gasteiger partial charge in [-0.25, -0.2) is 4.98 Å². The van der Waals surface area contributed by atoms with E-state index in [1.54, 1.807) is 4.90 Å². The minimum Gasteiger partial charge on any atom is -0.340 e. The summed E-state index contributed by atoms with van der Waals surface area (Å²) in [5, 5.41) is 3.39. The highest BCUT2D eigenvalue weighted by atomic mass is 16.2. The Morgan fingerprint density at radius 1 is 1.14 bits per heavy atom. The average Bonchev–Trinajstić information content (AvgIpc) is 3.47. The normalized spacial score (nSPS) is 26.0. The number of likely N-dealkylation sites (tertiary alicyclic amines) is 1. The van der Waals surface area contributed by atoms with Crippen molar-refractivity contribution in [2.75, 3.05) is 50.7 Å². The van der Waals surface area contributed by atoms with Crippen LogP contribution in [0.3, 0.4) is 0 Å². The molecule has 3 saturated heterocycles. The van der Waals surface area contributed by atoms with E-state index < -0.39 is 0 Å². The van der Waals surface area contributed by atoms with Crippen molar-refractivity contribution in [2.45, 2.75) is 24.9 Å². The Balaban J connectivity index is 1.18. The van der Waals surface area contributed by atoms with Gasteiger partial charge in [0.05, 0.1) is 23.6 Å². The summed E-state index contributed by atoms with van der Waals surface area (Å²) < 4.78 is 2.17. The maximum Gasteiger partial charge on any atom is 0.240 e. The van der Waals surface area contributed by atoms with Gasteiger partial charge >= 0.3 is 0 Å². The van der Waals surface area contributed by atoms with Crippen LogP contribution in [0.15, 0.2) is 24.3 Å². The number of piperazine rings is 1. The number of para-hydroxylation sites is 2. The molecule has 3 aliphatic heterocycles. The van der Waals surface area contributed by atoms with Crippen molar-refractivity contribution in [2.24, 2.45) is 7.05 Å². The Morgan fingerprint density at radius 2 is 1.93 bits per heavy atom. The van der Waals surface area contributed by atoms with E-state index >= 15 is 0 Å². The minimum absolute atomic E-state index is 0.0942. The van der Waals surface area contributed by atoms with Gasteiger partial charge in [0, 0.05) is 58.8 Å². The molecule has 1 aromatic heterocycles. The Hall–Kier alpha value is -2.45. The SMILES string of the molecule is Cn1c(N2CCN([C@@H]3CN[C@H](C(=O)N4CCC(=O)C4)C3)CC2)nc2ccccc21. The van der Waals surface area contributed by atoms with Gasteiger partial charge in [0.15, 0.2) is 5.78 Å². The third-order valence-corrected chi connectivity index (χ3v) is 6.62. The van der Waals surface area contributed by atoms with E-state index in [0.717, 1.165) is 56.1 Å². The maximum absolute atomic E-state index is 12.7. The molecule has 3 aliphatic rings. The number of carbonyl (C=O) groups is 2. The van der Waals surface area contributed by atoms with E-state index in [9.17, 15) is 9.59 Å². The quantitative estimate of drug-likeness (QED) is 0.801. The van der Waals surface area contributed by atoms with Crippen LogP contribution in [0.1, 0.15) is 12.8 Å². The second kappa shape index (κ2) is 7.42. The molecular weight excluding hydrogens is 368 g/mol. The molecule has 8 nitrogen and oxygen atoms in total. The van der Waals surface area contributed by atoms with Crippen molar-refractivity contribution < 1.29 is 9.59 Å². The van der Waals surface area contributed by atoms with E-state index in [4.69, 9.17) is 4.98 Å². The summed E-state index contributed by atoms with van der Waals surface area (Å²) in [5.74, 6) is 1.30. The topological polar surface area (TPSA) is 73.7 Å². The lowest BCUT2D eigenvalue weighted by Gasteiger charge is -2.38. The van der Waals surface area contributed by atoms with Crippen LogP contribution in [0.5, 0.6) is 0 Å². The van der Waals surface area contributed by atoms with Gasteiger partial charge in [-0.15, -0.1) is 0 Å². The molecule has 1 amide bonds. The number of Topliss-reactive ketones (excluding diaryl/α,β-unsaturated/α-hetero) is 1. The van der Waals surface area contributed by atoms with Gasteiger partial charge in [-0.1, -0.05) is 12.1 Å². The minimum atomic E-state index is -0.149. The molecule has 0 saturated carbocycles. The van der Waals surface area contributed by atoms with Gasteiger partial charge in [0.2, 0.25) is 11.9 Å². The average molecular weight is 396 g/mol. The molecule has 8 heteroatoms. The first-order valence-electron chi connectivity index (χ1n) is 10.5. The Labute approximate surface area is 170 Å². The summed E-state index contributed by atoms with van der Waals surface area (Å²) in [6, 6.07) is 8.48. The molecule has 0 unspecified atom stereocenters. The van der Waals surface area contributed by atoms with Crippen molar-refractivity contribution in [1.29, 1.82) is 0 Å². The summed E-state index contributed by atoms with van der Waals surface area (Å²) in [7, 11) is 2.08. The zero-order valence-electron chi connectivity index (χ0n) is 16.9. The van der Waals surface area contributed by atoms with E-state index in [0.29, 0.717) is 25.6 Å². The smallest absolute Gasteiger partial charge is 0.240 e. The number of fused-ring (bicyclic) bond motifs is 1. The number of aromatic nitrogens is 2. The number of ketones is 1. The van der Waals surface area contributed by atoms with Crippen LogP contribution in [0.25, 0.3) is 11.0 Å². The third kappa shape index (κ3) is 3.40. The van der Waals surface area contributed by atoms with E-state index in [1.807, 2.05) is 6.07 Å². The summed E-state index contributed by atoms with van der Waals surface area (Å²) >= 11 is 0. The van der Waals surface area contributed by atoms with Crippen LogP contribution in [-0.4, -0.2) is 88.9 Å². The number of aryl methyl sites for hydroxylation is 1. The molecule has 2 atom stereocenters. The summed E-state index contributed by atoms with van der Waals surface area (Å²) in [6.45, 7) is 5.52. The van der Waals surface area contributed by atoms with Gasteiger partial charge in [0.1, 0.15) is 0 Å². The van der Waals surface area contributed by atoms with Crippen LogP contribution >= 0.6 is 0 Å². The van der Waals surface area contributed by atoms with Gasteiger partial charge < -0.3 is 19.7 Å². The fraction of sp³-hybridized carbons (Fsp3) is 0.571. The molecule has 4 heterocycles. The van der Waals surface area contributed by atoms with Crippen molar-refractivity contribution in [3.8, 4) is 0 Å². The number of imidazole rings is 1. The molecule has 2 aromatic rings. The first-order valence-corrected chi connectivity index (χ1v) is 10.5. The number of benzene rings is 1. The second-order valence-corrected chi connectivity index (χ2v) is 8.38. The van der Waals surface area contributed by atoms with E-state index in [-0.39, 0.29) is 17.7 Å². The standard InChI is InChI=1S/C21H28N6O2/c1-24-19-5-3-2-4-17(19)23-21(24)26-10-8-25(9-11-26)15-12-18(22-13-15)20(29)27-7-6-16(28)14-27/h2-5,15,18,22H,6-14H2,1H3/t15-,18-/m0/s1. The zero-order valence-corrected chi connectivity index (χ0v) is 16.9. The lowest BCUT2D eigenvalue weighted by molar-refractivity contribution is -0.133. The lowest BCUT2D eigenvalue weighted by Crippen LogP contribution is -2.51. The van der Waals surface area contributed by atoms with Gasteiger partial charge in [-0.05, 0) is 18.6 Å². The predicted molar refractivity (Wildman–Crippen MR) is 111 cm³/mol. The van der Waals surface area contributed by atoms with Crippen LogP contribution in [0.4, 0.5) is 5.95 Å². The second-order valence-electron chi connectivity index (χ2n) is 8.38. The first-order chi connectivity index (χ1) is 14.1. The Bertz CT molecular complexity index is 932. The first kappa shape index (κ1) is 18.6. The largest absolute Gasteiger partial charge is 0.340 e. The number of rotatable bonds is 3. The summed E-state index contributed by atoms with van der Waals surface area (Å²) in [4.78, 5) is 35.5. The number of hydrogen-bond acceptors (Lipinski definition) is 6. The molecule has 1 N–H and O–H groups in total. The highest BCUT2D eigenvalue weighted by molar-refractivity contribution is 5.91. The number of carbonyl (C=O) groups excluding carboxylic acids is 2. The Kier molecular flexibility index (Phi) is 4.75. The summed E-state index contributed by atoms with van der Waals surface area (Å²) in [6.07, 6.45) is 1.34. The third-order valence-electron chi connectivity index (χ3n) is 6.62. The molecule has 0 radical (unpaired) electrons. The Morgan fingerprint density at radius 3 is 2.66 bits per heavy atom. The molecule has 1 aromatic carbocycles. The maximum atomic E-state index is 12.7. The molecule has 154 valence electrons. The van der Waals surface area contributed by atoms with Crippen LogP contribution in [-0.2, 0) is 16.6 Å². The molecule has 0 bridgehead atoms. The number of nitrogens with zero attached hydrogens (tertiary/aromatic N) is 5. The molecular formula is C21H28N6O2. The van der Waals surface area contributed by atoms with E-state index in [2.05, 4.69) is 44.9 Å².